The Morgan fingerprint density at radius 3 is 1.92 bits per heavy atom. The van der Waals surface area contributed by atoms with E-state index in [1.54, 1.807) is 0 Å². The van der Waals surface area contributed by atoms with Gasteiger partial charge in [-0.05, 0) is 6.42 Å². The van der Waals surface area contributed by atoms with Gasteiger partial charge >= 0.3 is 29.6 Å². The maximum Gasteiger partial charge on any atom is 1.00 e. The number of hydrogen-bond acceptors (Lipinski definition) is 4. The quantitative estimate of drug-likeness (QED) is 0.276. The summed E-state index contributed by atoms with van der Waals surface area (Å²) in [6.45, 7) is 1.82. The normalized spacial score (nSPS) is 13.7. The molecule has 0 bridgehead atoms. The SMILES string of the molecule is CCC(C[PH](=O)[O-])(OC)OC.[Na+]. The Kier molecular flexibility index (Phi) is 9.75. The smallest absolute Gasteiger partial charge is 0.801 e. The minimum Gasteiger partial charge on any atom is -0.801 e. The molecule has 68 valence electrons. The standard InChI is InChI=1S/C6H15O4P.Na/c1-4-6(9-2,10-3)5-11(7)8;/h11H,4-5H2,1-3H3,(H,7,8);/q;+1/p-1. The van der Waals surface area contributed by atoms with Crippen molar-refractivity contribution in [2.45, 2.75) is 19.1 Å². The van der Waals surface area contributed by atoms with Gasteiger partial charge in [-0.15, -0.1) is 0 Å². The fraction of sp³-hybridized carbons (Fsp3) is 1.00. The largest absolute Gasteiger partial charge is 1.00 e. The Bertz CT molecular complexity index is 129. The molecule has 0 aliphatic rings. The molecule has 0 fully saturated rings. The summed E-state index contributed by atoms with van der Waals surface area (Å²) in [6, 6.07) is 0. The van der Waals surface area contributed by atoms with Gasteiger partial charge in [0.2, 0.25) is 0 Å². The fourth-order valence-electron chi connectivity index (χ4n) is 0.861. The Hall–Kier alpha value is 1.11. The topological polar surface area (TPSA) is 58.6 Å². The molecule has 0 N–H and O–H groups in total. The monoisotopic (exact) mass is 204 g/mol. The maximum absolute atomic E-state index is 10.4. The van der Waals surface area contributed by atoms with Crippen molar-refractivity contribution >= 4 is 8.03 Å². The molecule has 0 aliphatic heterocycles. The summed E-state index contributed by atoms with van der Waals surface area (Å²) < 4.78 is 20.3. The molecule has 0 radical (unpaired) electrons. The number of hydrogen-bond donors (Lipinski definition) is 0. The van der Waals surface area contributed by atoms with Crippen molar-refractivity contribution < 1.29 is 48.5 Å². The summed E-state index contributed by atoms with van der Waals surface area (Å²) in [5.41, 5.74) is 0. The summed E-state index contributed by atoms with van der Waals surface area (Å²) >= 11 is 0. The molecule has 0 spiro atoms. The van der Waals surface area contributed by atoms with Crippen molar-refractivity contribution in [3.8, 4) is 0 Å². The number of rotatable bonds is 5. The predicted molar refractivity (Wildman–Crippen MR) is 40.9 cm³/mol. The van der Waals surface area contributed by atoms with Gasteiger partial charge in [0.05, 0.1) is 0 Å². The summed E-state index contributed by atoms with van der Waals surface area (Å²) in [6.07, 6.45) is 0.472. The van der Waals surface area contributed by atoms with Crippen LogP contribution in [0.15, 0.2) is 0 Å². The van der Waals surface area contributed by atoms with E-state index in [1.165, 1.54) is 14.2 Å². The molecular weight excluding hydrogens is 190 g/mol. The van der Waals surface area contributed by atoms with Crippen LogP contribution in [0.1, 0.15) is 13.3 Å². The second-order valence-electron chi connectivity index (χ2n) is 2.22. The van der Waals surface area contributed by atoms with Gasteiger partial charge in [0.25, 0.3) is 0 Å². The molecule has 4 nitrogen and oxygen atoms in total. The minimum absolute atomic E-state index is 0. The molecule has 0 aliphatic carbocycles. The zero-order valence-corrected chi connectivity index (χ0v) is 11.0. The average Bonchev–Trinajstić information content (AvgIpc) is 2.00. The van der Waals surface area contributed by atoms with Crippen molar-refractivity contribution in [1.29, 1.82) is 0 Å². The van der Waals surface area contributed by atoms with Crippen LogP contribution in [0.2, 0.25) is 0 Å². The first-order valence-electron chi connectivity index (χ1n) is 3.40. The maximum atomic E-state index is 10.4. The molecule has 0 amide bonds. The summed E-state index contributed by atoms with van der Waals surface area (Å²) in [5, 5.41) is 0. The van der Waals surface area contributed by atoms with Gasteiger partial charge in [0, 0.05) is 28.4 Å². The van der Waals surface area contributed by atoms with Crippen molar-refractivity contribution in [1.82, 2.24) is 0 Å². The molecule has 0 aromatic heterocycles. The van der Waals surface area contributed by atoms with E-state index in [-0.39, 0.29) is 35.7 Å². The van der Waals surface area contributed by atoms with Crippen LogP contribution >= 0.6 is 8.03 Å². The predicted octanol–water partition coefficient (Wildman–Crippen LogP) is -2.78. The first-order valence-corrected chi connectivity index (χ1v) is 4.92. The van der Waals surface area contributed by atoms with Gasteiger partial charge in [-0.2, -0.15) is 0 Å². The van der Waals surface area contributed by atoms with Gasteiger partial charge in [0.1, 0.15) is 0 Å². The fourth-order valence-corrected chi connectivity index (χ4v) is 1.84. The summed E-state index contributed by atoms with van der Waals surface area (Å²) in [7, 11) is 0.107. The molecule has 6 heteroatoms. The minimum atomic E-state index is -2.78. The van der Waals surface area contributed by atoms with Crippen molar-refractivity contribution in [2.24, 2.45) is 0 Å². The van der Waals surface area contributed by atoms with Crippen LogP contribution in [0.25, 0.3) is 0 Å². The van der Waals surface area contributed by atoms with Gasteiger partial charge in [-0.1, -0.05) is 6.92 Å². The van der Waals surface area contributed by atoms with Gasteiger partial charge in [-0.25, -0.2) is 0 Å². The molecule has 0 saturated carbocycles. The average molecular weight is 204 g/mol. The van der Waals surface area contributed by atoms with Gasteiger partial charge in [-0.3, -0.25) is 0 Å². The molecule has 0 aromatic carbocycles. The van der Waals surface area contributed by atoms with E-state index >= 15 is 0 Å². The Labute approximate surface area is 95.8 Å². The summed E-state index contributed by atoms with van der Waals surface area (Å²) in [4.78, 5) is 10.4. The third-order valence-electron chi connectivity index (χ3n) is 1.70. The van der Waals surface area contributed by atoms with Crippen molar-refractivity contribution in [3.63, 3.8) is 0 Å². The number of ether oxygens (including phenoxy) is 2. The third-order valence-corrected chi connectivity index (χ3v) is 2.52. The van der Waals surface area contributed by atoms with Crippen LogP contribution in [0.3, 0.4) is 0 Å². The van der Waals surface area contributed by atoms with Crippen LogP contribution in [-0.2, 0) is 14.0 Å². The van der Waals surface area contributed by atoms with Crippen LogP contribution in [0, 0.1) is 0 Å². The van der Waals surface area contributed by atoms with Crippen LogP contribution in [0.5, 0.6) is 0 Å². The van der Waals surface area contributed by atoms with E-state index < -0.39 is 13.8 Å². The molecule has 0 saturated heterocycles. The summed E-state index contributed by atoms with van der Waals surface area (Å²) in [5.74, 6) is -0.933. The molecule has 0 rings (SSSR count). The zero-order valence-electron chi connectivity index (χ0n) is 8.05. The molecule has 12 heavy (non-hydrogen) atoms. The van der Waals surface area contributed by atoms with E-state index in [1.807, 2.05) is 6.92 Å². The van der Waals surface area contributed by atoms with Crippen LogP contribution in [0.4, 0.5) is 0 Å². The van der Waals surface area contributed by atoms with Crippen LogP contribution < -0.4 is 34.5 Å². The second-order valence-corrected chi connectivity index (χ2v) is 3.32. The number of methoxy groups -OCH3 is 2. The molecule has 1 unspecified atom stereocenters. The van der Waals surface area contributed by atoms with E-state index in [4.69, 9.17) is 9.47 Å². The molecule has 0 aromatic rings. The Balaban J connectivity index is 0. The van der Waals surface area contributed by atoms with E-state index in [2.05, 4.69) is 0 Å². The zero-order chi connectivity index (χ0) is 8.91. The van der Waals surface area contributed by atoms with E-state index in [0.29, 0.717) is 6.42 Å². The van der Waals surface area contributed by atoms with Gasteiger partial charge < -0.3 is 18.9 Å². The molecule has 1 atom stereocenters. The second kappa shape index (κ2) is 7.51. The van der Waals surface area contributed by atoms with E-state index in [0.717, 1.165) is 0 Å². The van der Waals surface area contributed by atoms with Crippen molar-refractivity contribution in [2.75, 3.05) is 20.4 Å². The third kappa shape index (κ3) is 4.97. The van der Waals surface area contributed by atoms with E-state index in [9.17, 15) is 9.46 Å². The first kappa shape index (κ1) is 15.6. The first-order chi connectivity index (χ1) is 5.10. The Morgan fingerprint density at radius 2 is 1.83 bits per heavy atom. The van der Waals surface area contributed by atoms with Crippen LogP contribution in [-0.4, -0.2) is 26.2 Å². The van der Waals surface area contributed by atoms with Crippen molar-refractivity contribution in [3.05, 3.63) is 0 Å². The molecular formula is C6H14NaO4P. The Morgan fingerprint density at radius 1 is 1.42 bits per heavy atom. The van der Waals surface area contributed by atoms with Gasteiger partial charge in [0.15, 0.2) is 5.79 Å². The molecule has 0 heterocycles.